The zero-order chi connectivity index (χ0) is 15.7. The fraction of sp³-hybridized carbons (Fsp3) is 0.375. The maximum atomic E-state index is 10.8. The van der Waals surface area contributed by atoms with Gasteiger partial charge in [-0.2, -0.15) is 0 Å². The fourth-order valence-electron chi connectivity index (χ4n) is 2.84. The molecule has 2 aromatic rings. The van der Waals surface area contributed by atoms with Crippen molar-refractivity contribution in [2.24, 2.45) is 0 Å². The Morgan fingerprint density at radius 1 is 1.36 bits per heavy atom. The van der Waals surface area contributed by atoms with E-state index in [0.717, 1.165) is 37.1 Å². The number of aromatic carboxylic acids is 1. The van der Waals surface area contributed by atoms with Gasteiger partial charge in [-0.1, -0.05) is 28.9 Å². The molecule has 1 aromatic heterocycles. The van der Waals surface area contributed by atoms with Crippen molar-refractivity contribution in [2.45, 2.75) is 18.8 Å². The summed E-state index contributed by atoms with van der Waals surface area (Å²) in [5, 5.41) is 13.1. The molecule has 0 bridgehead atoms. The van der Waals surface area contributed by atoms with Crippen molar-refractivity contribution in [1.82, 2.24) is 10.1 Å². The molecule has 3 rings (SSSR count). The molecule has 116 valence electrons. The number of piperidine rings is 1. The normalized spacial score (nSPS) is 16.8. The molecule has 1 fully saturated rings. The van der Waals surface area contributed by atoms with Crippen LogP contribution < -0.4 is 0 Å². The van der Waals surface area contributed by atoms with E-state index in [9.17, 15) is 4.79 Å². The van der Waals surface area contributed by atoms with Gasteiger partial charge in [0.2, 0.25) is 0 Å². The SMILES string of the molecule is CN1CCC(c2ccc(-c3cc(C(=O)O)no3)cc2Cl)CC1. The first-order chi connectivity index (χ1) is 10.5. The van der Waals surface area contributed by atoms with Gasteiger partial charge in [0.25, 0.3) is 0 Å². The molecule has 22 heavy (non-hydrogen) atoms. The maximum Gasteiger partial charge on any atom is 0.358 e. The molecular weight excluding hydrogens is 304 g/mol. The Labute approximate surface area is 133 Å². The lowest BCUT2D eigenvalue weighted by molar-refractivity contribution is 0.0686. The van der Waals surface area contributed by atoms with Gasteiger partial charge in [-0.05, 0) is 50.5 Å². The molecule has 2 heterocycles. The van der Waals surface area contributed by atoms with E-state index >= 15 is 0 Å². The fourth-order valence-corrected chi connectivity index (χ4v) is 3.18. The Kier molecular flexibility index (Phi) is 4.18. The average molecular weight is 321 g/mol. The minimum Gasteiger partial charge on any atom is -0.476 e. The molecule has 1 N–H and O–H groups in total. The van der Waals surface area contributed by atoms with Gasteiger partial charge in [0, 0.05) is 16.7 Å². The van der Waals surface area contributed by atoms with Crippen LogP contribution in [0.1, 0.15) is 34.8 Å². The monoisotopic (exact) mass is 320 g/mol. The van der Waals surface area contributed by atoms with Crippen LogP contribution >= 0.6 is 11.6 Å². The van der Waals surface area contributed by atoms with Crippen molar-refractivity contribution in [3.8, 4) is 11.3 Å². The van der Waals surface area contributed by atoms with Gasteiger partial charge in [-0.15, -0.1) is 0 Å². The predicted octanol–water partition coefficient (Wildman–Crippen LogP) is 3.50. The van der Waals surface area contributed by atoms with Crippen LogP contribution in [0.25, 0.3) is 11.3 Å². The van der Waals surface area contributed by atoms with Crippen molar-refractivity contribution in [3.05, 3.63) is 40.5 Å². The van der Waals surface area contributed by atoms with E-state index in [2.05, 4.69) is 17.1 Å². The van der Waals surface area contributed by atoms with Crippen molar-refractivity contribution >= 4 is 17.6 Å². The van der Waals surface area contributed by atoms with E-state index in [-0.39, 0.29) is 5.69 Å². The third-order valence-corrected chi connectivity index (χ3v) is 4.50. The standard InChI is InChI=1S/C16H17ClN2O3/c1-19-6-4-10(5-7-19)12-3-2-11(8-13(12)17)15-9-14(16(20)21)18-22-15/h2-3,8-10H,4-7H2,1H3,(H,20,21). The number of carboxylic acid groups (broad SMARTS) is 1. The lowest BCUT2D eigenvalue weighted by atomic mass is 9.89. The molecule has 5 nitrogen and oxygen atoms in total. The molecule has 0 aliphatic carbocycles. The number of hydrogen-bond donors (Lipinski definition) is 1. The van der Waals surface area contributed by atoms with E-state index in [4.69, 9.17) is 21.2 Å². The summed E-state index contributed by atoms with van der Waals surface area (Å²) in [6, 6.07) is 7.15. The van der Waals surface area contributed by atoms with Gasteiger partial charge < -0.3 is 14.5 Å². The molecule has 0 atom stereocenters. The molecule has 1 aliphatic heterocycles. The number of hydrogen-bond acceptors (Lipinski definition) is 4. The zero-order valence-electron chi connectivity index (χ0n) is 12.3. The molecule has 1 saturated heterocycles. The van der Waals surface area contributed by atoms with Crippen LogP contribution in [0.15, 0.2) is 28.8 Å². The Hall–Kier alpha value is -1.85. The Balaban J connectivity index is 1.83. The number of rotatable bonds is 3. The summed E-state index contributed by atoms with van der Waals surface area (Å²) in [6.07, 6.45) is 2.20. The van der Waals surface area contributed by atoms with Gasteiger partial charge in [0.05, 0.1) is 0 Å². The number of likely N-dealkylation sites (tertiary alicyclic amines) is 1. The number of nitrogens with zero attached hydrogens (tertiary/aromatic N) is 2. The van der Waals surface area contributed by atoms with Crippen LogP contribution in [-0.4, -0.2) is 41.3 Å². The Morgan fingerprint density at radius 2 is 2.09 bits per heavy atom. The van der Waals surface area contributed by atoms with Crippen molar-refractivity contribution < 1.29 is 14.4 Å². The average Bonchev–Trinajstić information content (AvgIpc) is 2.98. The molecule has 6 heteroatoms. The van der Waals surface area contributed by atoms with E-state index in [1.54, 1.807) is 0 Å². The first kappa shape index (κ1) is 15.1. The topological polar surface area (TPSA) is 66.6 Å². The quantitative estimate of drug-likeness (QED) is 0.937. The lowest BCUT2D eigenvalue weighted by Gasteiger charge is -2.29. The molecule has 1 aromatic carbocycles. The highest BCUT2D eigenvalue weighted by atomic mass is 35.5. The van der Waals surface area contributed by atoms with Crippen LogP contribution in [0, 0.1) is 0 Å². The first-order valence-electron chi connectivity index (χ1n) is 7.23. The highest BCUT2D eigenvalue weighted by Crippen LogP contribution is 2.35. The summed E-state index contributed by atoms with van der Waals surface area (Å²) in [6.45, 7) is 2.15. The highest BCUT2D eigenvalue weighted by Gasteiger charge is 2.21. The van der Waals surface area contributed by atoms with Crippen molar-refractivity contribution in [3.63, 3.8) is 0 Å². The third-order valence-electron chi connectivity index (χ3n) is 4.17. The van der Waals surface area contributed by atoms with Crippen molar-refractivity contribution in [1.29, 1.82) is 0 Å². The minimum absolute atomic E-state index is 0.106. The second-order valence-corrected chi connectivity index (χ2v) is 6.10. The van der Waals surface area contributed by atoms with E-state index < -0.39 is 5.97 Å². The Bertz CT molecular complexity index is 690. The minimum atomic E-state index is -1.11. The summed E-state index contributed by atoms with van der Waals surface area (Å²) in [5.74, 6) is -0.222. The number of carboxylic acids is 1. The second kappa shape index (κ2) is 6.10. The Morgan fingerprint density at radius 3 is 2.68 bits per heavy atom. The largest absolute Gasteiger partial charge is 0.476 e. The van der Waals surface area contributed by atoms with Crippen LogP contribution in [0.3, 0.4) is 0 Å². The second-order valence-electron chi connectivity index (χ2n) is 5.70. The first-order valence-corrected chi connectivity index (χ1v) is 7.61. The molecule has 0 saturated carbocycles. The predicted molar refractivity (Wildman–Crippen MR) is 83.4 cm³/mol. The summed E-state index contributed by atoms with van der Waals surface area (Å²) < 4.78 is 5.07. The summed E-state index contributed by atoms with van der Waals surface area (Å²) in [4.78, 5) is 13.2. The van der Waals surface area contributed by atoms with E-state index in [1.165, 1.54) is 6.07 Å². The molecule has 0 amide bonds. The molecule has 0 spiro atoms. The molecular formula is C16H17ClN2O3. The van der Waals surface area contributed by atoms with Gasteiger partial charge in [0.15, 0.2) is 11.5 Å². The van der Waals surface area contributed by atoms with Gasteiger partial charge in [0.1, 0.15) is 0 Å². The third kappa shape index (κ3) is 3.00. The van der Waals surface area contributed by atoms with Gasteiger partial charge in [-0.3, -0.25) is 0 Å². The van der Waals surface area contributed by atoms with Crippen LogP contribution in [0.2, 0.25) is 5.02 Å². The van der Waals surface area contributed by atoms with Gasteiger partial charge in [-0.25, -0.2) is 4.79 Å². The smallest absolute Gasteiger partial charge is 0.358 e. The number of carbonyl (C=O) groups is 1. The summed E-state index contributed by atoms with van der Waals surface area (Å²) >= 11 is 6.43. The zero-order valence-corrected chi connectivity index (χ0v) is 13.0. The van der Waals surface area contributed by atoms with E-state index in [1.807, 2.05) is 18.2 Å². The van der Waals surface area contributed by atoms with Crippen LogP contribution in [0.4, 0.5) is 0 Å². The molecule has 1 aliphatic rings. The number of benzene rings is 1. The number of aromatic nitrogens is 1. The molecule has 0 unspecified atom stereocenters. The lowest BCUT2D eigenvalue weighted by Crippen LogP contribution is -2.29. The molecule has 0 radical (unpaired) electrons. The number of halogens is 1. The summed E-state index contributed by atoms with van der Waals surface area (Å²) in [7, 11) is 2.13. The van der Waals surface area contributed by atoms with Crippen LogP contribution in [0.5, 0.6) is 0 Å². The maximum absolute atomic E-state index is 10.8. The van der Waals surface area contributed by atoms with Gasteiger partial charge >= 0.3 is 5.97 Å². The van der Waals surface area contributed by atoms with E-state index in [0.29, 0.717) is 16.7 Å². The highest BCUT2D eigenvalue weighted by molar-refractivity contribution is 6.31. The van der Waals surface area contributed by atoms with Crippen molar-refractivity contribution in [2.75, 3.05) is 20.1 Å². The van der Waals surface area contributed by atoms with Crippen LogP contribution in [-0.2, 0) is 0 Å². The summed E-state index contributed by atoms with van der Waals surface area (Å²) in [5.41, 5.74) is 1.78.